The van der Waals surface area contributed by atoms with E-state index in [-0.39, 0.29) is 5.91 Å². The summed E-state index contributed by atoms with van der Waals surface area (Å²) in [4.78, 5) is 16.5. The van der Waals surface area contributed by atoms with Crippen LogP contribution >= 0.6 is 0 Å². The average Bonchev–Trinajstić information content (AvgIpc) is 2.51. The summed E-state index contributed by atoms with van der Waals surface area (Å²) in [6.07, 6.45) is 1.73. The van der Waals surface area contributed by atoms with Crippen LogP contribution in [0.1, 0.15) is 25.3 Å². The Morgan fingerprint density at radius 1 is 1.19 bits per heavy atom. The Labute approximate surface area is 128 Å². The van der Waals surface area contributed by atoms with Crippen LogP contribution < -0.4 is 10.2 Å². The first-order valence-electron chi connectivity index (χ1n) is 8.01. The van der Waals surface area contributed by atoms with E-state index < -0.39 is 0 Å². The van der Waals surface area contributed by atoms with E-state index in [1.54, 1.807) is 0 Å². The number of amides is 1. The predicted molar refractivity (Wildman–Crippen MR) is 87.7 cm³/mol. The third kappa shape index (κ3) is 4.74. The van der Waals surface area contributed by atoms with Crippen molar-refractivity contribution in [3.05, 3.63) is 29.8 Å². The third-order valence-corrected chi connectivity index (χ3v) is 3.94. The number of carbonyl (C=O) groups is 1. The highest BCUT2D eigenvalue weighted by Crippen LogP contribution is 2.17. The largest absolute Gasteiger partial charge is 0.368 e. The molecular weight excluding hydrogens is 262 g/mol. The van der Waals surface area contributed by atoms with Gasteiger partial charge in [0.15, 0.2) is 0 Å². The lowest BCUT2D eigenvalue weighted by Crippen LogP contribution is -2.49. The van der Waals surface area contributed by atoms with E-state index in [2.05, 4.69) is 48.3 Å². The van der Waals surface area contributed by atoms with Gasteiger partial charge in [-0.3, -0.25) is 4.79 Å². The van der Waals surface area contributed by atoms with Crippen molar-refractivity contribution in [3.63, 3.8) is 0 Å². The van der Waals surface area contributed by atoms with E-state index in [1.165, 1.54) is 11.3 Å². The zero-order valence-electron chi connectivity index (χ0n) is 13.3. The van der Waals surface area contributed by atoms with Crippen LogP contribution in [0.3, 0.4) is 0 Å². The van der Waals surface area contributed by atoms with Crippen molar-refractivity contribution in [3.8, 4) is 0 Å². The summed E-state index contributed by atoms with van der Waals surface area (Å²) in [6, 6.07) is 8.58. The summed E-state index contributed by atoms with van der Waals surface area (Å²) >= 11 is 0. The maximum absolute atomic E-state index is 12.1. The minimum Gasteiger partial charge on any atom is -0.368 e. The first-order valence-corrected chi connectivity index (χ1v) is 8.01. The van der Waals surface area contributed by atoms with Gasteiger partial charge in [0.25, 0.3) is 0 Å². The Morgan fingerprint density at radius 3 is 2.62 bits per heavy atom. The highest BCUT2D eigenvalue weighted by Gasteiger charge is 2.20. The van der Waals surface area contributed by atoms with Crippen LogP contribution in [0.5, 0.6) is 0 Å². The Morgan fingerprint density at radius 2 is 1.95 bits per heavy atom. The van der Waals surface area contributed by atoms with Crippen LogP contribution in [-0.4, -0.2) is 50.1 Å². The fraction of sp³-hybridized carbons (Fsp3) is 0.588. The molecule has 0 bridgehead atoms. The van der Waals surface area contributed by atoms with Crippen LogP contribution in [0.15, 0.2) is 24.3 Å². The summed E-state index contributed by atoms with van der Waals surface area (Å²) in [6.45, 7) is 9.57. The van der Waals surface area contributed by atoms with Crippen molar-refractivity contribution in [2.24, 2.45) is 0 Å². The van der Waals surface area contributed by atoms with Crippen LogP contribution in [0, 0.1) is 6.92 Å². The first kappa shape index (κ1) is 15.8. The summed E-state index contributed by atoms with van der Waals surface area (Å²) in [5, 5.41) is 3.29. The van der Waals surface area contributed by atoms with Gasteiger partial charge >= 0.3 is 0 Å². The fourth-order valence-corrected chi connectivity index (χ4v) is 2.69. The number of benzene rings is 1. The van der Waals surface area contributed by atoms with Gasteiger partial charge in [-0.2, -0.15) is 0 Å². The number of hydrogen-bond acceptors (Lipinski definition) is 3. The normalized spacial score (nSPS) is 15.3. The van der Waals surface area contributed by atoms with E-state index in [0.29, 0.717) is 6.42 Å². The van der Waals surface area contributed by atoms with E-state index in [9.17, 15) is 4.79 Å². The highest BCUT2D eigenvalue weighted by molar-refractivity contribution is 5.76. The van der Waals surface area contributed by atoms with Crippen molar-refractivity contribution in [1.29, 1.82) is 0 Å². The summed E-state index contributed by atoms with van der Waals surface area (Å²) in [7, 11) is 0. The second-order valence-corrected chi connectivity index (χ2v) is 5.71. The molecule has 1 fully saturated rings. The Hall–Kier alpha value is -1.55. The van der Waals surface area contributed by atoms with Gasteiger partial charge in [0.2, 0.25) is 5.91 Å². The van der Waals surface area contributed by atoms with Gasteiger partial charge in [-0.25, -0.2) is 0 Å². The zero-order chi connectivity index (χ0) is 15.1. The van der Waals surface area contributed by atoms with Crippen LogP contribution in [0.4, 0.5) is 5.69 Å². The van der Waals surface area contributed by atoms with Gasteiger partial charge in [-0.1, -0.05) is 19.1 Å². The Bertz CT molecular complexity index is 453. The zero-order valence-corrected chi connectivity index (χ0v) is 13.3. The third-order valence-electron chi connectivity index (χ3n) is 3.94. The molecule has 1 heterocycles. The maximum Gasteiger partial charge on any atom is 0.223 e. The first-order chi connectivity index (χ1) is 10.2. The minimum absolute atomic E-state index is 0.280. The van der Waals surface area contributed by atoms with E-state index in [1.807, 2.05) is 4.90 Å². The smallest absolute Gasteiger partial charge is 0.223 e. The number of nitrogens with zero attached hydrogens (tertiary/aromatic N) is 2. The molecule has 1 aromatic carbocycles. The standard InChI is InChI=1S/C17H27N3O/c1-3-8-18-9-7-17(21)20-12-10-19(11-13-20)16-6-4-5-15(2)14-16/h4-6,14,18H,3,7-13H2,1-2H3. The van der Waals surface area contributed by atoms with E-state index in [4.69, 9.17) is 0 Å². The highest BCUT2D eigenvalue weighted by atomic mass is 16.2. The van der Waals surface area contributed by atoms with Gasteiger partial charge in [-0.15, -0.1) is 0 Å². The molecule has 1 aromatic rings. The number of rotatable bonds is 6. The molecule has 0 saturated carbocycles. The minimum atomic E-state index is 0.280. The lowest BCUT2D eigenvalue weighted by molar-refractivity contribution is -0.131. The van der Waals surface area contributed by atoms with Gasteiger partial charge in [0.1, 0.15) is 0 Å². The Balaban J connectivity index is 1.76. The van der Waals surface area contributed by atoms with Gasteiger partial charge in [0.05, 0.1) is 0 Å². The SMILES string of the molecule is CCCNCCC(=O)N1CCN(c2cccc(C)c2)CC1. The molecule has 0 atom stereocenters. The fourth-order valence-electron chi connectivity index (χ4n) is 2.69. The van der Waals surface area contributed by atoms with Crippen molar-refractivity contribution < 1.29 is 4.79 Å². The van der Waals surface area contributed by atoms with Crippen molar-refractivity contribution in [1.82, 2.24) is 10.2 Å². The van der Waals surface area contributed by atoms with E-state index in [0.717, 1.165) is 45.7 Å². The molecule has 4 nitrogen and oxygen atoms in total. The second-order valence-electron chi connectivity index (χ2n) is 5.71. The molecule has 0 spiro atoms. The number of hydrogen-bond donors (Lipinski definition) is 1. The van der Waals surface area contributed by atoms with Crippen LogP contribution in [0.2, 0.25) is 0 Å². The Kier molecular flexibility index (Phi) is 6.05. The molecule has 116 valence electrons. The molecule has 4 heteroatoms. The molecular formula is C17H27N3O. The molecule has 0 aromatic heterocycles. The van der Waals surface area contributed by atoms with Crippen molar-refractivity contribution >= 4 is 11.6 Å². The maximum atomic E-state index is 12.1. The van der Waals surface area contributed by atoms with Crippen LogP contribution in [0.25, 0.3) is 0 Å². The second kappa shape index (κ2) is 8.03. The van der Waals surface area contributed by atoms with Gasteiger partial charge < -0.3 is 15.1 Å². The summed E-state index contributed by atoms with van der Waals surface area (Å²) in [5.74, 6) is 0.280. The molecule has 1 aliphatic rings. The molecule has 0 radical (unpaired) electrons. The molecule has 0 aliphatic carbocycles. The quantitative estimate of drug-likeness (QED) is 0.814. The number of piperazine rings is 1. The van der Waals surface area contributed by atoms with E-state index >= 15 is 0 Å². The molecule has 0 unspecified atom stereocenters. The van der Waals surface area contributed by atoms with Gasteiger partial charge in [-0.05, 0) is 37.6 Å². The lowest BCUT2D eigenvalue weighted by atomic mass is 10.2. The molecule has 1 amide bonds. The predicted octanol–water partition coefficient (Wildman–Crippen LogP) is 2.03. The van der Waals surface area contributed by atoms with Crippen molar-refractivity contribution in [2.75, 3.05) is 44.2 Å². The molecule has 1 N–H and O–H groups in total. The number of carbonyl (C=O) groups excluding carboxylic acids is 1. The van der Waals surface area contributed by atoms with Crippen LogP contribution in [-0.2, 0) is 4.79 Å². The topological polar surface area (TPSA) is 35.6 Å². The molecule has 21 heavy (non-hydrogen) atoms. The van der Waals surface area contributed by atoms with Gasteiger partial charge in [0, 0.05) is 44.8 Å². The number of anilines is 1. The molecule has 2 rings (SSSR count). The summed E-state index contributed by atoms with van der Waals surface area (Å²) < 4.78 is 0. The monoisotopic (exact) mass is 289 g/mol. The summed E-state index contributed by atoms with van der Waals surface area (Å²) in [5.41, 5.74) is 2.56. The number of aryl methyl sites for hydroxylation is 1. The average molecular weight is 289 g/mol. The number of nitrogens with one attached hydrogen (secondary N) is 1. The lowest BCUT2D eigenvalue weighted by Gasteiger charge is -2.36. The van der Waals surface area contributed by atoms with Crippen molar-refractivity contribution in [2.45, 2.75) is 26.7 Å². The molecule has 1 saturated heterocycles. The molecule has 1 aliphatic heterocycles.